The van der Waals surface area contributed by atoms with Gasteiger partial charge >= 0.3 is 0 Å². The molecular formula is C7H13BrN4. The molecule has 68 valence electrons. The molecule has 0 aromatic carbocycles. The topological polar surface area (TPSA) is 42.7 Å². The van der Waals surface area contributed by atoms with Gasteiger partial charge in [0.1, 0.15) is 5.69 Å². The summed E-state index contributed by atoms with van der Waals surface area (Å²) in [5.41, 5.74) is 0.958. The van der Waals surface area contributed by atoms with Crippen LogP contribution in [0.25, 0.3) is 0 Å². The normalized spacial score (nSPS) is 13.3. The number of nitrogens with zero attached hydrogens (tertiary/aromatic N) is 3. The predicted molar refractivity (Wildman–Crippen MR) is 50.9 cm³/mol. The van der Waals surface area contributed by atoms with E-state index in [2.05, 4.69) is 38.4 Å². The van der Waals surface area contributed by atoms with Gasteiger partial charge < -0.3 is 5.32 Å². The molecule has 0 radical (unpaired) electrons. The van der Waals surface area contributed by atoms with Crippen LogP contribution in [0.1, 0.15) is 25.6 Å². The number of aryl methyl sites for hydroxylation is 1. The van der Waals surface area contributed by atoms with Crippen molar-refractivity contribution in [3.8, 4) is 0 Å². The van der Waals surface area contributed by atoms with Crippen LogP contribution in [0, 0.1) is 0 Å². The monoisotopic (exact) mass is 232 g/mol. The second-order valence-corrected chi connectivity index (χ2v) is 3.33. The lowest BCUT2D eigenvalue weighted by atomic mass is 10.3. The lowest BCUT2D eigenvalue weighted by molar-refractivity contribution is 0.545. The summed E-state index contributed by atoms with van der Waals surface area (Å²) >= 11 is 3.36. The molecule has 0 saturated carbocycles. The molecule has 1 aromatic rings. The first-order valence-electron chi connectivity index (χ1n) is 3.96. The van der Waals surface area contributed by atoms with Crippen molar-refractivity contribution in [3.63, 3.8) is 0 Å². The van der Waals surface area contributed by atoms with Crippen molar-refractivity contribution in [1.82, 2.24) is 20.3 Å². The first-order valence-corrected chi connectivity index (χ1v) is 4.76. The first kappa shape index (κ1) is 9.67. The van der Waals surface area contributed by atoms with Gasteiger partial charge in [0.2, 0.25) is 0 Å². The Bertz CT molecular complexity index is 258. The third-order valence-electron chi connectivity index (χ3n) is 1.76. The van der Waals surface area contributed by atoms with E-state index in [1.165, 1.54) is 0 Å². The second kappa shape index (κ2) is 4.00. The zero-order valence-electron chi connectivity index (χ0n) is 7.50. The van der Waals surface area contributed by atoms with E-state index in [1.54, 1.807) is 4.80 Å². The fourth-order valence-corrected chi connectivity index (χ4v) is 1.49. The van der Waals surface area contributed by atoms with Crippen molar-refractivity contribution in [2.75, 3.05) is 7.05 Å². The molecule has 12 heavy (non-hydrogen) atoms. The van der Waals surface area contributed by atoms with E-state index in [-0.39, 0.29) is 6.04 Å². The fourth-order valence-electron chi connectivity index (χ4n) is 0.884. The Morgan fingerprint density at radius 2 is 2.25 bits per heavy atom. The van der Waals surface area contributed by atoms with E-state index in [0.29, 0.717) is 0 Å². The zero-order valence-corrected chi connectivity index (χ0v) is 9.09. The van der Waals surface area contributed by atoms with Crippen molar-refractivity contribution in [2.45, 2.75) is 26.4 Å². The molecule has 1 unspecified atom stereocenters. The van der Waals surface area contributed by atoms with E-state index in [1.807, 2.05) is 14.0 Å². The molecule has 0 fully saturated rings. The van der Waals surface area contributed by atoms with Gasteiger partial charge in [0.05, 0.1) is 12.6 Å². The molecule has 0 spiro atoms. The summed E-state index contributed by atoms with van der Waals surface area (Å²) < 4.78 is 0.825. The highest BCUT2D eigenvalue weighted by Crippen LogP contribution is 2.17. The molecule has 0 aliphatic carbocycles. The number of halogens is 1. The Balaban J connectivity index is 2.91. The quantitative estimate of drug-likeness (QED) is 0.856. The van der Waals surface area contributed by atoms with Crippen LogP contribution < -0.4 is 5.32 Å². The molecule has 1 heterocycles. The highest BCUT2D eigenvalue weighted by Gasteiger charge is 2.12. The Morgan fingerprint density at radius 3 is 2.67 bits per heavy atom. The molecule has 4 nitrogen and oxygen atoms in total. The minimum absolute atomic E-state index is 0.236. The average Bonchev–Trinajstić information content (AvgIpc) is 2.45. The minimum Gasteiger partial charge on any atom is -0.312 e. The third-order valence-corrected chi connectivity index (χ3v) is 2.33. The maximum atomic E-state index is 4.30. The Morgan fingerprint density at radius 1 is 1.58 bits per heavy atom. The Hall–Kier alpha value is -0.420. The first-order chi connectivity index (χ1) is 5.69. The van der Waals surface area contributed by atoms with Crippen molar-refractivity contribution in [3.05, 3.63) is 10.3 Å². The van der Waals surface area contributed by atoms with Gasteiger partial charge in [-0.25, -0.2) is 0 Å². The summed E-state index contributed by atoms with van der Waals surface area (Å²) in [5, 5.41) is 11.6. The molecule has 0 bridgehead atoms. The van der Waals surface area contributed by atoms with Crippen LogP contribution in [0.3, 0.4) is 0 Å². The van der Waals surface area contributed by atoms with Crippen molar-refractivity contribution >= 4 is 15.9 Å². The lowest BCUT2D eigenvalue weighted by Gasteiger charge is -2.04. The summed E-state index contributed by atoms with van der Waals surface area (Å²) in [6.07, 6.45) is 0. The molecule has 0 saturated heterocycles. The molecule has 0 aliphatic heterocycles. The predicted octanol–water partition coefficient (Wildman–Crippen LogP) is 1.34. The van der Waals surface area contributed by atoms with E-state index >= 15 is 0 Å². The van der Waals surface area contributed by atoms with Gasteiger partial charge in [-0.05, 0) is 36.8 Å². The van der Waals surface area contributed by atoms with Crippen molar-refractivity contribution in [2.24, 2.45) is 0 Å². The van der Waals surface area contributed by atoms with E-state index in [9.17, 15) is 0 Å². The summed E-state index contributed by atoms with van der Waals surface area (Å²) in [6, 6.07) is 0.236. The molecule has 1 aromatic heterocycles. The van der Waals surface area contributed by atoms with Crippen LogP contribution in [0.2, 0.25) is 0 Å². The van der Waals surface area contributed by atoms with E-state index < -0.39 is 0 Å². The van der Waals surface area contributed by atoms with Gasteiger partial charge in [-0.15, -0.1) is 5.10 Å². The van der Waals surface area contributed by atoms with Crippen LogP contribution in [-0.4, -0.2) is 22.0 Å². The average molecular weight is 233 g/mol. The molecule has 1 rings (SSSR count). The minimum atomic E-state index is 0.236. The molecule has 0 amide bonds. The lowest BCUT2D eigenvalue weighted by Crippen LogP contribution is -2.13. The SMILES string of the molecule is CCn1nc(Br)c(C(C)NC)n1. The van der Waals surface area contributed by atoms with Gasteiger partial charge in [-0.3, -0.25) is 0 Å². The van der Waals surface area contributed by atoms with Gasteiger partial charge in [0, 0.05) is 0 Å². The largest absolute Gasteiger partial charge is 0.312 e. The van der Waals surface area contributed by atoms with Crippen LogP contribution >= 0.6 is 15.9 Å². The van der Waals surface area contributed by atoms with Crippen LogP contribution in [0.15, 0.2) is 4.60 Å². The number of hydrogen-bond acceptors (Lipinski definition) is 3. The number of aromatic nitrogens is 3. The van der Waals surface area contributed by atoms with Crippen LogP contribution in [-0.2, 0) is 6.54 Å². The Labute approximate surface area is 80.5 Å². The van der Waals surface area contributed by atoms with E-state index in [4.69, 9.17) is 0 Å². The Kier molecular flexibility index (Phi) is 3.22. The number of rotatable bonds is 3. The van der Waals surface area contributed by atoms with Crippen LogP contribution in [0.4, 0.5) is 0 Å². The van der Waals surface area contributed by atoms with Gasteiger partial charge in [-0.2, -0.15) is 9.90 Å². The van der Waals surface area contributed by atoms with Crippen LogP contribution in [0.5, 0.6) is 0 Å². The summed E-state index contributed by atoms with van der Waals surface area (Å²) in [5.74, 6) is 0. The smallest absolute Gasteiger partial charge is 0.153 e. The van der Waals surface area contributed by atoms with Crippen molar-refractivity contribution in [1.29, 1.82) is 0 Å². The second-order valence-electron chi connectivity index (χ2n) is 2.57. The molecule has 5 heteroatoms. The van der Waals surface area contributed by atoms with Gasteiger partial charge in [-0.1, -0.05) is 0 Å². The standard InChI is InChI=1S/C7H13BrN4/c1-4-12-10-6(5(2)9-3)7(8)11-12/h5,9H,4H2,1-3H3. The zero-order chi connectivity index (χ0) is 9.14. The van der Waals surface area contributed by atoms with Gasteiger partial charge in [0.15, 0.2) is 4.60 Å². The summed E-state index contributed by atoms with van der Waals surface area (Å²) in [4.78, 5) is 1.67. The van der Waals surface area contributed by atoms with Gasteiger partial charge in [0.25, 0.3) is 0 Å². The summed E-state index contributed by atoms with van der Waals surface area (Å²) in [7, 11) is 1.90. The molecule has 1 N–H and O–H groups in total. The molecule has 1 atom stereocenters. The van der Waals surface area contributed by atoms with E-state index in [0.717, 1.165) is 16.8 Å². The maximum Gasteiger partial charge on any atom is 0.153 e. The molecule has 0 aliphatic rings. The van der Waals surface area contributed by atoms with Crippen molar-refractivity contribution < 1.29 is 0 Å². The highest BCUT2D eigenvalue weighted by atomic mass is 79.9. The number of hydrogen-bond donors (Lipinski definition) is 1. The summed E-state index contributed by atoms with van der Waals surface area (Å²) in [6.45, 7) is 4.87. The highest BCUT2D eigenvalue weighted by molar-refractivity contribution is 9.10. The third kappa shape index (κ3) is 1.84. The molecular weight excluding hydrogens is 220 g/mol. The fraction of sp³-hybridized carbons (Fsp3) is 0.714. The number of nitrogens with one attached hydrogen (secondary N) is 1. The maximum absolute atomic E-state index is 4.30.